The molecular weight excluding hydrogens is 114 g/mol. The van der Waals surface area contributed by atoms with E-state index in [1.54, 1.807) is 0 Å². The zero-order chi connectivity index (χ0) is 5.86. The Morgan fingerprint density at radius 2 is 2.00 bits per heavy atom. The van der Waals surface area contributed by atoms with Crippen LogP contribution in [0.15, 0.2) is 0 Å². The third-order valence-electron chi connectivity index (χ3n) is 0.856. The highest BCUT2D eigenvalue weighted by Crippen LogP contribution is 1.94. The molecule has 0 N–H and O–H groups in total. The van der Waals surface area contributed by atoms with Crippen LogP contribution in [-0.4, -0.2) is 25.2 Å². The summed E-state index contributed by atoms with van der Waals surface area (Å²) in [6.45, 7) is 1.87. The van der Waals surface area contributed by atoms with Gasteiger partial charge in [-0.05, 0) is 21.0 Å². The molecule has 0 aliphatic rings. The number of rotatable bonds is 2. The average Bonchev–Trinajstić information content (AvgIpc) is 1.65. The maximum atomic E-state index is 5.01. The molecule has 0 saturated carbocycles. The smallest absolute Gasteiger partial charge is 0.128 e. The largest absolute Gasteiger partial charge is 0.283 e. The van der Waals surface area contributed by atoms with E-state index in [0.717, 1.165) is 0 Å². The van der Waals surface area contributed by atoms with Gasteiger partial charge in [0, 0.05) is 0 Å². The van der Waals surface area contributed by atoms with Gasteiger partial charge in [0.25, 0.3) is 0 Å². The summed E-state index contributed by atoms with van der Waals surface area (Å²) in [6.07, 6.45) is 0.00154. The van der Waals surface area contributed by atoms with Gasteiger partial charge < -0.3 is 0 Å². The minimum atomic E-state index is 0.00154. The van der Waals surface area contributed by atoms with Gasteiger partial charge in [-0.2, -0.15) is 0 Å². The van der Waals surface area contributed by atoms with Crippen LogP contribution < -0.4 is 0 Å². The molecule has 0 rings (SSSR count). The molecule has 7 heavy (non-hydrogen) atoms. The molecule has 0 saturated heterocycles. The Hall–Kier alpha value is 0.210. The van der Waals surface area contributed by atoms with Crippen LogP contribution in [0.5, 0.6) is 0 Å². The average molecular weight is 124 g/mol. The molecular formula is C4H10ClNO. The van der Waals surface area contributed by atoms with E-state index in [-0.39, 0.29) is 6.23 Å². The lowest BCUT2D eigenvalue weighted by Crippen LogP contribution is -2.24. The van der Waals surface area contributed by atoms with Crippen LogP contribution in [0.25, 0.3) is 0 Å². The molecule has 2 nitrogen and oxygen atoms in total. The molecule has 0 fully saturated rings. The third-order valence-corrected chi connectivity index (χ3v) is 1.11. The second-order valence-electron chi connectivity index (χ2n) is 1.65. The van der Waals surface area contributed by atoms with E-state index in [1.807, 2.05) is 25.9 Å². The lowest BCUT2D eigenvalue weighted by molar-refractivity contribution is 0.0928. The monoisotopic (exact) mass is 123 g/mol. The number of hydrogen-bond acceptors (Lipinski definition) is 2. The van der Waals surface area contributed by atoms with Crippen molar-refractivity contribution in [2.75, 3.05) is 14.1 Å². The first kappa shape index (κ1) is 7.21. The molecule has 0 spiro atoms. The van der Waals surface area contributed by atoms with Gasteiger partial charge in [-0.1, -0.05) is 0 Å². The van der Waals surface area contributed by atoms with E-state index < -0.39 is 0 Å². The van der Waals surface area contributed by atoms with Crippen molar-refractivity contribution in [3.05, 3.63) is 0 Å². The van der Waals surface area contributed by atoms with Gasteiger partial charge in [0.2, 0.25) is 0 Å². The second-order valence-corrected chi connectivity index (χ2v) is 1.83. The Morgan fingerprint density at radius 1 is 1.57 bits per heavy atom. The van der Waals surface area contributed by atoms with Crippen molar-refractivity contribution in [3.8, 4) is 0 Å². The Kier molecular flexibility index (Phi) is 3.34. The summed E-state index contributed by atoms with van der Waals surface area (Å²) in [5.74, 6) is 0. The Balaban J connectivity index is 3.14. The highest BCUT2D eigenvalue weighted by atomic mass is 35.5. The molecule has 1 atom stereocenters. The third kappa shape index (κ3) is 2.85. The summed E-state index contributed by atoms with van der Waals surface area (Å²) in [5.41, 5.74) is 0. The minimum absolute atomic E-state index is 0.00154. The summed E-state index contributed by atoms with van der Waals surface area (Å²) in [4.78, 5) is 1.87. The van der Waals surface area contributed by atoms with Crippen LogP contribution >= 0.6 is 11.9 Å². The molecule has 0 aliphatic heterocycles. The van der Waals surface area contributed by atoms with Crippen molar-refractivity contribution in [2.24, 2.45) is 0 Å². The molecule has 44 valence electrons. The first-order chi connectivity index (χ1) is 3.18. The number of hydrogen-bond donors (Lipinski definition) is 0. The molecule has 0 bridgehead atoms. The van der Waals surface area contributed by atoms with Crippen molar-refractivity contribution < 1.29 is 4.29 Å². The summed E-state index contributed by atoms with van der Waals surface area (Å²) in [7, 11) is 3.79. The SMILES string of the molecule is CC(OCl)N(C)C. The Morgan fingerprint density at radius 3 is 2.00 bits per heavy atom. The molecule has 0 radical (unpaired) electrons. The Bertz CT molecular complexity index is 49.0. The van der Waals surface area contributed by atoms with Crippen LogP contribution in [0.2, 0.25) is 0 Å². The molecule has 0 aromatic heterocycles. The molecule has 0 amide bonds. The van der Waals surface area contributed by atoms with Crippen LogP contribution in [0, 0.1) is 0 Å². The zero-order valence-electron chi connectivity index (χ0n) is 4.81. The van der Waals surface area contributed by atoms with Gasteiger partial charge in [0.05, 0.1) is 11.9 Å². The molecule has 1 unspecified atom stereocenters. The van der Waals surface area contributed by atoms with E-state index in [1.165, 1.54) is 0 Å². The maximum Gasteiger partial charge on any atom is 0.128 e. The first-order valence-electron chi connectivity index (χ1n) is 2.12. The fourth-order valence-electron chi connectivity index (χ4n) is 0.0797. The van der Waals surface area contributed by atoms with E-state index in [0.29, 0.717) is 0 Å². The summed E-state index contributed by atoms with van der Waals surface area (Å²) in [5, 5.41) is 0. The van der Waals surface area contributed by atoms with Crippen LogP contribution in [0.1, 0.15) is 6.92 Å². The van der Waals surface area contributed by atoms with Gasteiger partial charge in [-0.25, -0.2) is 0 Å². The van der Waals surface area contributed by atoms with Gasteiger partial charge >= 0.3 is 0 Å². The predicted octanol–water partition coefficient (Wildman–Crippen LogP) is 1.06. The van der Waals surface area contributed by atoms with E-state index in [9.17, 15) is 0 Å². The van der Waals surface area contributed by atoms with Gasteiger partial charge in [-0.15, -0.1) is 0 Å². The molecule has 0 aromatic carbocycles. The quantitative estimate of drug-likeness (QED) is 0.510. The second kappa shape index (κ2) is 3.24. The van der Waals surface area contributed by atoms with E-state index in [2.05, 4.69) is 4.29 Å². The lowest BCUT2D eigenvalue weighted by atomic mass is 10.6. The van der Waals surface area contributed by atoms with Crippen LogP contribution in [-0.2, 0) is 4.29 Å². The summed E-state index contributed by atoms with van der Waals surface area (Å²) in [6, 6.07) is 0. The molecule has 3 heteroatoms. The summed E-state index contributed by atoms with van der Waals surface area (Å²) < 4.78 is 4.41. The zero-order valence-corrected chi connectivity index (χ0v) is 5.57. The van der Waals surface area contributed by atoms with Gasteiger partial charge in [0.1, 0.15) is 6.23 Å². The standard InChI is InChI=1S/C4H10ClNO/c1-4(7-5)6(2)3/h4H,1-3H3. The molecule has 0 heterocycles. The normalized spacial score (nSPS) is 15.0. The molecule has 0 aliphatic carbocycles. The highest BCUT2D eigenvalue weighted by Gasteiger charge is 1.99. The number of halogens is 1. The van der Waals surface area contributed by atoms with Gasteiger partial charge in [0.15, 0.2) is 0 Å². The van der Waals surface area contributed by atoms with E-state index >= 15 is 0 Å². The highest BCUT2D eigenvalue weighted by molar-refractivity contribution is 6.07. The van der Waals surface area contributed by atoms with Crippen molar-refractivity contribution >= 4 is 11.9 Å². The van der Waals surface area contributed by atoms with Gasteiger partial charge in [-0.3, -0.25) is 9.19 Å². The Labute approximate surface area is 49.2 Å². The fraction of sp³-hybridized carbons (Fsp3) is 1.00. The topological polar surface area (TPSA) is 12.5 Å². The number of nitrogens with zero attached hydrogens (tertiary/aromatic N) is 1. The van der Waals surface area contributed by atoms with E-state index in [4.69, 9.17) is 11.9 Å². The van der Waals surface area contributed by atoms with Crippen molar-refractivity contribution in [3.63, 3.8) is 0 Å². The van der Waals surface area contributed by atoms with Crippen molar-refractivity contribution in [1.82, 2.24) is 4.90 Å². The lowest BCUT2D eigenvalue weighted by Gasteiger charge is -2.14. The van der Waals surface area contributed by atoms with Crippen molar-refractivity contribution in [2.45, 2.75) is 13.2 Å². The fourth-order valence-corrected chi connectivity index (χ4v) is 0.239. The predicted molar refractivity (Wildman–Crippen MR) is 30.1 cm³/mol. The van der Waals surface area contributed by atoms with Crippen molar-refractivity contribution in [1.29, 1.82) is 0 Å². The minimum Gasteiger partial charge on any atom is -0.283 e. The first-order valence-corrected chi connectivity index (χ1v) is 2.43. The molecule has 0 aromatic rings. The van der Waals surface area contributed by atoms with Crippen LogP contribution in [0.4, 0.5) is 0 Å². The van der Waals surface area contributed by atoms with Crippen LogP contribution in [0.3, 0.4) is 0 Å². The summed E-state index contributed by atoms with van der Waals surface area (Å²) >= 11 is 5.01. The maximum absolute atomic E-state index is 5.01.